The van der Waals surface area contributed by atoms with E-state index < -0.39 is 9.84 Å². The van der Waals surface area contributed by atoms with Crippen LogP contribution in [0.1, 0.15) is 12.3 Å². The van der Waals surface area contributed by atoms with Crippen molar-refractivity contribution in [2.75, 3.05) is 37.7 Å². The van der Waals surface area contributed by atoms with Crippen LogP contribution in [0.25, 0.3) is 11.7 Å². The van der Waals surface area contributed by atoms with Gasteiger partial charge in [0.25, 0.3) is 5.89 Å². The maximum absolute atomic E-state index is 11.6. The Morgan fingerprint density at radius 2 is 2.04 bits per heavy atom. The molecule has 2 aliphatic heterocycles. The summed E-state index contributed by atoms with van der Waals surface area (Å²) in [7, 11) is -2.82. The summed E-state index contributed by atoms with van der Waals surface area (Å²) in [5, 5.41) is 8.07. The molecule has 0 spiro atoms. The molecule has 2 fully saturated rings. The fourth-order valence-corrected chi connectivity index (χ4v) is 5.12. The van der Waals surface area contributed by atoms with Crippen molar-refractivity contribution in [3.05, 3.63) is 24.3 Å². The summed E-state index contributed by atoms with van der Waals surface area (Å²) < 4.78 is 34.1. The van der Waals surface area contributed by atoms with E-state index in [-0.39, 0.29) is 6.04 Å². The molecule has 0 saturated carbocycles. The molecule has 0 aromatic carbocycles. The Labute approximate surface area is 140 Å². The fraction of sp³-hybridized carbons (Fsp3) is 0.600. The van der Waals surface area contributed by atoms with E-state index in [0.29, 0.717) is 35.6 Å². The van der Waals surface area contributed by atoms with Gasteiger partial charge in [0.1, 0.15) is 0 Å². The Hall–Kier alpha value is -1.71. The number of rotatable bonds is 4. The van der Waals surface area contributed by atoms with Crippen LogP contribution < -0.4 is 0 Å². The van der Waals surface area contributed by atoms with Gasteiger partial charge in [0, 0.05) is 32.2 Å². The Bertz CT molecular complexity index is 778. The largest absolute Gasteiger partial charge is 0.459 e. The minimum atomic E-state index is -2.82. The molecule has 130 valence electrons. The van der Waals surface area contributed by atoms with E-state index in [2.05, 4.69) is 20.0 Å². The van der Waals surface area contributed by atoms with E-state index >= 15 is 0 Å². The molecular formula is C15H20N4O4S. The zero-order valence-corrected chi connectivity index (χ0v) is 14.1. The summed E-state index contributed by atoms with van der Waals surface area (Å²) >= 11 is 0. The highest BCUT2D eigenvalue weighted by atomic mass is 32.2. The molecule has 1 atom stereocenters. The zero-order chi connectivity index (χ0) is 16.6. The first-order valence-corrected chi connectivity index (χ1v) is 9.94. The number of furan rings is 1. The van der Waals surface area contributed by atoms with Gasteiger partial charge in [-0.15, -0.1) is 10.2 Å². The molecule has 2 aliphatic rings. The van der Waals surface area contributed by atoms with Crippen molar-refractivity contribution in [2.45, 2.75) is 19.0 Å². The molecule has 0 bridgehead atoms. The third-order valence-electron chi connectivity index (χ3n) is 4.69. The number of sulfone groups is 1. The first kappa shape index (κ1) is 15.8. The summed E-state index contributed by atoms with van der Waals surface area (Å²) in [5.74, 6) is 2.17. The highest BCUT2D eigenvalue weighted by Gasteiger charge is 2.33. The van der Waals surface area contributed by atoms with Gasteiger partial charge in [0.2, 0.25) is 5.89 Å². The molecular weight excluding hydrogens is 332 g/mol. The second-order valence-electron chi connectivity index (χ2n) is 6.35. The zero-order valence-electron chi connectivity index (χ0n) is 13.3. The average Bonchev–Trinajstić information content (AvgIpc) is 3.28. The van der Waals surface area contributed by atoms with Gasteiger partial charge in [-0.05, 0) is 18.6 Å². The predicted octanol–water partition coefficient (Wildman–Crippen LogP) is 0.634. The van der Waals surface area contributed by atoms with E-state index in [1.165, 1.54) is 0 Å². The lowest BCUT2D eigenvalue weighted by Gasteiger charge is -2.37. The summed E-state index contributed by atoms with van der Waals surface area (Å²) in [4.78, 5) is 4.54. The summed E-state index contributed by atoms with van der Waals surface area (Å²) in [6.45, 7) is 4.09. The summed E-state index contributed by atoms with van der Waals surface area (Å²) in [6.07, 6.45) is 2.33. The van der Waals surface area contributed by atoms with E-state index in [0.717, 1.165) is 32.6 Å². The van der Waals surface area contributed by atoms with Crippen LogP contribution in [0.15, 0.2) is 27.2 Å². The highest BCUT2D eigenvalue weighted by molar-refractivity contribution is 7.91. The third-order valence-corrected chi connectivity index (χ3v) is 6.44. The quantitative estimate of drug-likeness (QED) is 0.791. The smallest absolute Gasteiger partial charge is 0.283 e. The molecule has 0 radical (unpaired) electrons. The van der Waals surface area contributed by atoms with Crippen LogP contribution >= 0.6 is 0 Å². The maximum Gasteiger partial charge on any atom is 0.283 e. The topological polar surface area (TPSA) is 92.7 Å². The van der Waals surface area contributed by atoms with Crippen molar-refractivity contribution in [1.29, 1.82) is 0 Å². The first-order chi connectivity index (χ1) is 11.6. The normalized spacial score (nSPS) is 25.2. The molecule has 2 saturated heterocycles. The van der Waals surface area contributed by atoms with Gasteiger partial charge in [0.05, 0.1) is 24.3 Å². The SMILES string of the molecule is O=S1(=O)CC[C@@H](N2CCN(Cc3nnc(-c4ccco4)o3)CC2)C1. The Balaban J connectivity index is 1.31. The molecule has 2 aromatic heterocycles. The minimum Gasteiger partial charge on any atom is -0.459 e. The van der Waals surface area contributed by atoms with Crippen LogP contribution in [-0.4, -0.2) is 72.1 Å². The van der Waals surface area contributed by atoms with E-state index in [1.54, 1.807) is 18.4 Å². The molecule has 4 heterocycles. The Kier molecular flexibility index (Phi) is 4.15. The van der Waals surface area contributed by atoms with Crippen molar-refractivity contribution >= 4 is 9.84 Å². The van der Waals surface area contributed by atoms with E-state index in [1.807, 2.05) is 0 Å². The standard InChI is InChI=1S/C15H20N4O4S/c20-24(21)9-3-12(11-24)19-6-4-18(5-7-19)10-14-16-17-15(23-14)13-2-1-8-22-13/h1-2,8,12H,3-7,9-11H2/t12-/m1/s1. The number of piperazine rings is 1. The Morgan fingerprint density at radius 3 is 2.71 bits per heavy atom. The fourth-order valence-electron chi connectivity index (χ4n) is 3.36. The van der Waals surface area contributed by atoms with Gasteiger partial charge in [-0.25, -0.2) is 8.42 Å². The monoisotopic (exact) mass is 352 g/mol. The van der Waals surface area contributed by atoms with Crippen molar-refractivity contribution in [3.63, 3.8) is 0 Å². The summed E-state index contributed by atoms with van der Waals surface area (Å²) in [5.41, 5.74) is 0. The van der Waals surface area contributed by atoms with Crippen molar-refractivity contribution in [2.24, 2.45) is 0 Å². The second kappa shape index (κ2) is 6.30. The lowest BCUT2D eigenvalue weighted by Crippen LogP contribution is -2.50. The van der Waals surface area contributed by atoms with Gasteiger partial charge in [-0.1, -0.05) is 0 Å². The van der Waals surface area contributed by atoms with E-state index in [9.17, 15) is 8.42 Å². The van der Waals surface area contributed by atoms with Crippen LogP contribution in [0.4, 0.5) is 0 Å². The van der Waals surface area contributed by atoms with Crippen LogP contribution in [0.5, 0.6) is 0 Å². The molecule has 0 aliphatic carbocycles. The van der Waals surface area contributed by atoms with Gasteiger partial charge in [-0.3, -0.25) is 9.80 Å². The minimum absolute atomic E-state index is 0.186. The number of hydrogen-bond donors (Lipinski definition) is 0. The van der Waals surface area contributed by atoms with Crippen LogP contribution in [-0.2, 0) is 16.4 Å². The maximum atomic E-state index is 11.6. The molecule has 9 heteroatoms. The van der Waals surface area contributed by atoms with Gasteiger partial charge >= 0.3 is 0 Å². The molecule has 2 aromatic rings. The van der Waals surface area contributed by atoms with Crippen LogP contribution in [0.3, 0.4) is 0 Å². The molecule has 0 unspecified atom stereocenters. The summed E-state index contributed by atoms with van der Waals surface area (Å²) in [6, 6.07) is 3.75. The van der Waals surface area contributed by atoms with Crippen LogP contribution in [0.2, 0.25) is 0 Å². The van der Waals surface area contributed by atoms with E-state index in [4.69, 9.17) is 8.83 Å². The lowest BCUT2D eigenvalue weighted by atomic mass is 10.2. The van der Waals surface area contributed by atoms with Gasteiger partial charge < -0.3 is 8.83 Å². The lowest BCUT2D eigenvalue weighted by molar-refractivity contribution is 0.0943. The van der Waals surface area contributed by atoms with Crippen molar-refractivity contribution in [1.82, 2.24) is 20.0 Å². The van der Waals surface area contributed by atoms with Gasteiger partial charge in [0.15, 0.2) is 15.6 Å². The molecule has 8 nitrogen and oxygen atoms in total. The highest BCUT2D eigenvalue weighted by Crippen LogP contribution is 2.21. The van der Waals surface area contributed by atoms with Crippen LogP contribution in [0, 0.1) is 0 Å². The molecule has 0 amide bonds. The molecule has 24 heavy (non-hydrogen) atoms. The number of aromatic nitrogens is 2. The van der Waals surface area contributed by atoms with Crippen molar-refractivity contribution < 1.29 is 17.3 Å². The van der Waals surface area contributed by atoms with Crippen molar-refractivity contribution in [3.8, 4) is 11.7 Å². The second-order valence-corrected chi connectivity index (χ2v) is 8.58. The average molecular weight is 352 g/mol. The Morgan fingerprint density at radius 1 is 1.21 bits per heavy atom. The number of hydrogen-bond acceptors (Lipinski definition) is 8. The molecule has 4 rings (SSSR count). The third kappa shape index (κ3) is 3.38. The number of nitrogens with zero attached hydrogens (tertiary/aromatic N) is 4. The predicted molar refractivity (Wildman–Crippen MR) is 85.9 cm³/mol. The first-order valence-electron chi connectivity index (χ1n) is 8.12. The molecule has 0 N–H and O–H groups in total. The van der Waals surface area contributed by atoms with Gasteiger partial charge in [-0.2, -0.15) is 0 Å².